The third kappa shape index (κ3) is 34.1. The highest BCUT2D eigenvalue weighted by atomic mass is 31.2. The molecule has 0 aliphatic rings. The maximum Gasteiger partial charge on any atom is 0.472 e. The summed E-state index contributed by atoms with van der Waals surface area (Å²) in [7, 11) is -4.27. The lowest BCUT2D eigenvalue weighted by Gasteiger charge is -2.20. The molecule has 0 aliphatic heterocycles. The number of ether oxygens (including phenoxy) is 2. The van der Waals surface area contributed by atoms with Gasteiger partial charge in [-0.1, -0.05) is 115 Å². The van der Waals surface area contributed by atoms with Crippen molar-refractivity contribution in [2.75, 3.05) is 33.0 Å². The fourth-order valence-electron chi connectivity index (χ4n) is 4.87. The van der Waals surface area contributed by atoms with Crippen LogP contribution in [0.3, 0.4) is 0 Å². The van der Waals surface area contributed by atoms with Gasteiger partial charge in [-0.2, -0.15) is 0 Å². The maximum absolute atomic E-state index is 12.5. The molecule has 0 spiro atoms. The highest BCUT2D eigenvalue weighted by molar-refractivity contribution is 7.47. The van der Waals surface area contributed by atoms with E-state index >= 15 is 0 Å². The fraction of sp³-hybridized carbons (Fsp3) is 0.861. The minimum absolute atomic E-state index is 0.0974. The third-order valence-corrected chi connectivity index (χ3v) is 8.58. The number of phosphoric ester groups is 1. The number of allylic oxidation sites excluding steroid dienone is 4. The standard InChI is InChI=1S/C36H70NO7P/c1-3-5-7-9-11-13-15-17-18-20-22-24-26-28-31-41-33-35(34-43-45(39,40)42-32-30-37)44-36(38)29-27-25-23-21-19-16-14-12-10-8-6-4-2/h12-15,35H,3-11,16-34,37H2,1-2H3,(H,39,40)/b14-12-,15-13-. The van der Waals surface area contributed by atoms with Crippen LogP contribution in [0, 0.1) is 0 Å². The average Bonchev–Trinajstić information content (AvgIpc) is 3.02. The molecule has 0 saturated carbocycles. The van der Waals surface area contributed by atoms with Crippen LogP contribution in [0.4, 0.5) is 0 Å². The maximum atomic E-state index is 12.5. The molecule has 45 heavy (non-hydrogen) atoms. The third-order valence-electron chi connectivity index (χ3n) is 7.59. The van der Waals surface area contributed by atoms with Gasteiger partial charge in [-0.15, -0.1) is 0 Å². The number of rotatable bonds is 35. The molecule has 9 heteroatoms. The van der Waals surface area contributed by atoms with Gasteiger partial charge in [-0.05, 0) is 64.2 Å². The van der Waals surface area contributed by atoms with Crippen LogP contribution in [0.2, 0.25) is 0 Å². The van der Waals surface area contributed by atoms with Crippen LogP contribution in [0.1, 0.15) is 162 Å². The molecule has 0 radical (unpaired) electrons. The zero-order valence-electron chi connectivity index (χ0n) is 29.1. The molecule has 0 amide bonds. The monoisotopic (exact) mass is 659 g/mol. The number of esters is 1. The van der Waals surface area contributed by atoms with Crippen LogP contribution in [-0.4, -0.2) is 49.9 Å². The second-order valence-electron chi connectivity index (χ2n) is 12.1. The molecule has 266 valence electrons. The number of unbranched alkanes of at least 4 members (excludes halogenated alkanes) is 18. The molecule has 0 heterocycles. The van der Waals surface area contributed by atoms with Crippen molar-refractivity contribution in [3.05, 3.63) is 24.3 Å². The van der Waals surface area contributed by atoms with Gasteiger partial charge in [0.15, 0.2) is 0 Å². The van der Waals surface area contributed by atoms with Gasteiger partial charge < -0.3 is 20.1 Å². The normalized spacial score (nSPS) is 14.0. The predicted octanol–water partition coefficient (Wildman–Crippen LogP) is 10.1. The van der Waals surface area contributed by atoms with Crippen molar-refractivity contribution < 1.29 is 32.8 Å². The van der Waals surface area contributed by atoms with Gasteiger partial charge >= 0.3 is 13.8 Å². The van der Waals surface area contributed by atoms with Crippen molar-refractivity contribution in [1.29, 1.82) is 0 Å². The quantitative estimate of drug-likeness (QED) is 0.0299. The van der Waals surface area contributed by atoms with Gasteiger partial charge in [0.1, 0.15) is 6.10 Å². The average molecular weight is 660 g/mol. The van der Waals surface area contributed by atoms with Crippen LogP contribution in [0.25, 0.3) is 0 Å². The minimum Gasteiger partial charge on any atom is -0.457 e. The van der Waals surface area contributed by atoms with E-state index in [-0.39, 0.29) is 32.3 Å². The topological polar surface area (TPSA) is 117 Å². The number of carbonyl (C=O) groups is 1. The zero-order valence-corrected chi connectivity index (χ0v) is 30.0. The Labute approximate surface area is 276 Å². The molecule has 0 bridgehead atoms. The summed E-state index contributed by atoms with van der Waals surface area (Å²) >= 11 is 0. The molecule has 0 saturated heterocycles. The lowest BCUT2D eigenvalue weighted by Crippen LogP contribution is -2.28. The van der Waals surface area contributed by atoms with Gasteiger partial charge in [0, 0.05) is 19.6 Å². The molecule has 8 nitrogen and oxygen atoms in total. The van der Waals surface area contributed by atoms with E-state index in [2.05, 4.69) is 38.2 Å². The molecule has 2 unspecified atom stereocenters. The van der Waals surface area contributed by atoms with E-state index < -0.39 is 13.9 Å². The smallest absolute Gasteiger partial charge is 0.457 e. The Balaban J connectivity index is 4.12. The van der Waals surface area contributed by atoms with Crippen LogP contribution < -0.4 is 5.73 Å². The minimum atomic E-state index is -4.27. The molecular weight excluding hydrogens is 589 g/mol. The Bertz CT molecular complexity index is 747. The summed E-state index contributed by atoms with van der Waals surface area (Å²) in [6, 6.07) is 0. The van der Waals surface area contributed by atoms with Gasteiger partial charge in [-0.3, -0.25) is 13.8 Å². The summed E-state index contributed by atoms with van der Waals surface area (Å²) in [5.41, 5.74) is 5.34. The van der Waals surface area contributed by atoms with E-state index in [4.69, 9.17) is 24.3 Å². The van der Waals surface area contributed by atoms with Crippen molar-refractivity contribution >= 4 is 13.8 Å². The van der Waals surface area contributed by atoms with Crippen molar-refractivity contribution in [1.82, 2.24) is 0 Å². The first-order valence-electron chi connectivity index (χ1n) is 18.3. The van der Waals surface area contributed by atoms with Crippen molar-refractivity contribution in [2.45, 2.75) is 168 Å². The second kappa shape index (κ2) is 34.3. The molecule has 0 rings (SSSR count). The van der Waals surface area contributed by atoms with E-state index in [1.165, 1.54) is 96.3 Å². The molecule has 0 aromatic rings. The van der Waals surface area contributed by atoms with Gasteiger partial charge in [0.25, 0.3) is 0 Å². The molecule has 0 aromatic heterocycles. The molecule has 2 atom stereocenters. The number of hydrogen-bond donors (Lipinski definition) is 2. The zero-order chi connectivity index (χ0) is 33.1. The molecule has 0 aromatic carbocycles. The van der Waals surface area contributed by atoms with Crippen molar-refractivity contribution in [2.24, 2.45) is 5.73 Å². The summed E-state index contributed by atoms with van der Waals surface area (Å²) in [6.45, 7) is 4.85. The molecule has 3 N–H and O–H groups in total. The van der Waals surface area contributed by atoms with E-state index in [1.54, 1.807) is 0 Å². The molecule has 0 aliphatic carbocycles. The molecular formula is C36H70NO7P. The molecule has 0 fully saturated rings. The summed E-state index contributed by atoms with van der Waals surface area (Å²) in [4.78, 5) is 22.3. The Morgan fingerprint density at radius 3 is 1.67 bits per heavy atom. The lowest BCUT2D eigenvalue weighted by molar-refractivity contribution is -0.154. The van der Waals surface area contributed by atoms with Crippen LogP contribution in [0.15, 0.2) is 24.3 Å². The summed E-state index contributed by atoms with van der Waals surface area (Å²) in [6.07, 6.45) is 34.7. The SMILES string of the molecule is CCCCC/C=C\CCCCCCCC(=O)OC(COCCCCCCCC/C=C\CCCCCC)COP(=O)(O)OCCN. The first kappa shape index (κ1) is 44.0. The first-order chi connectivity index (χ1) is 21.9. The first-order valence-corrected chi connectivity index (χ1v) is 19.8. The Morgan fingerprint density at radius 2 is 1.11 bits per heavy atom. The Kier molecular flexibility index (Phi) is 33.5. The van der Waals surface area contributed by atoms with Crippen LogP contribution in [0.5, 0.6) is 0 Å². The van der Waals surface area contributed by atoms with Crippen LogP contribution >= 0.6 is 7.82 Å². The number of phosphoric acid groups is 1. The van der Waals surface area contributed by atoms with Gasteiger partial charge in [-0.25, -0.2) is 4.57 Å². The largest absolute Gasteiger partial charge is 0.472 e. The summed E-state index contributed by atoms with van der Waals surface area (Å²) in [5, 5.41) is 0. The predicted molar refractivity (Wildman–Crippen MR) is 187 cm³/mol. The second-order valence-corrected chi connectivity index (χ2v) is 13.5. The van der Waals surface area contributed by atoms with E-state index in [9.17, 15) is 14.3 Å². The highest BCUT2D eigenvalue weighted by Gasteiger charge is 2.25. The Morgan fingerprint density at radius 1 is 0.644 bits per heavy atom. The van der Waals surface area contributed by atoms with E-state index in [0.29, 0.717) is 13.0 Å². The van der Waals surface area contributed by atoms with Crippen LogP contribution in [-0.2, 0) is 27.9 Å². The summed E-state index contributed by atoms with van der Waals surface area (Å²) in [5.74, 6) is -0.343. The fourth-order valence-corrected chi connectivity index (χ4v) is 5.63. The van der Waals surface area contributed by atoms with E-state index in [1.807, 2.05) is 0 Å². The number of nitrogens with two attached hydrogens (primary N) is 1. The lowest BCUT2D eigenvalue weighted by atomic mass is 10.1. The van der Waals surface area contributed by atoms with E-state index in [0.717, 1.165) is 44.9 Å². The number of carbonyl (C=O) groups excluding carboxylic acids is 1. The summed E-state index contributed by atoms with van der Waals surface area (Å²) < 4.78 is 33.2. The Hall–Kier alpha value is -1.02. The van der Waals surface area contributed by atoms with Gasteiger partial charge in [0.05, 0.1) is 19.8 Å². The highest BCUT2D eigenvalue weighted by Crippen LogP contribution is 2.43. The van der Waals surface area contributed by atoms with Crippen molar-refractivity contribution in [3.63, 3.8) is 0 Å². The van der Waals surface area contributed by atoms with Gasteiger partial charge in [0.2, 0.25) is 0 Å². The number of hydrogen-bond acceptors (Lipinski definition) is 7. The van der Waals surface area contributed by atoms with Crippen molar-refractivity contribution in [3.8, 4) is 0 Å².